The SMILES string of the molecule is CCCc1nc(C(=O)N2CCNC(C)C2C)nn1-c1ccccc1Cl.Cl. The van der Waals surface area contributed by atoms with Gasteiger partial charge in [0.25, 0.3) is 5.91 Å². The van der Waals surface area contributed by atoms with Gasteiger partial charge in [-0.05, 0) is 32.4 Å². The molecule has 2 atom stereocenters. The van der Waals surface area contributed by atoms with E-state index in [0.29, 0.717) is 11.6 Å². The average molecular weight is 398 g/mol. The standard InChI is InChI=1S/C18H24ClN5O.ClH/c1-4-7-16-21-17(18(25)23-11-10-20-12(2)13(23)3)22-24(16)15-9-6-5-8-14(15)19;/h5-6,8-9,12-13,20H,4,7,10-11H2,1-3H3;1H. The number of rotatable bonds is 4. The summed E-state index contributed by atoms with van der Waals surface area (Å²) < 4.78 is 1.70. The topological polar surface area (TPSA) is 63.1 Å². The van der Waals surface area contributed by atoms with Crippen molar-refractivity contribution in [3.05, 3.63) is 40.9 Å². The van der Waals surface area contributed by atoms with E-state index in [9.17, 15) is 4.79 Å². The molecule has 2 aromatic rings. The number of piperazine rings is 1. The van der Waals surface area contributed by atoms with Crippen LogP contribution in [0.3, 0.4) is 0 Å². The van der Waals surface area contributed by atoms with Gasteiger partial charge in [-0.1, -0.05) is 30.7 Å². The van der Waals surface area contributed by atoms with Crippen molar-refractivity contribution in [1.82, 2.24) is 25.0 Å². The predicted molar refractivity (Wildman–Crippen MR) is 106 cm³/mol. The van der Waals surface area contributed by atoms with E-state index < -0.39 is 0 Å². The first-order valence-electron chi connectivity index (χ1n) is 8.78. The van der Waals surface area contributed by atoms with Crippen LogP contribution in [0.1, 0.15) is 43.6 Å². The quantitative estimate of drug-likeness (QED) is 0.860. The fourth-order valence-electron chi connectivity index (χ4n) is 3.11. The monoisotopic (exact) mass is 397 g/mol. The van der Waals surface area contributed by atoms with Crippen LogP contribution in [0.5, 0.6) is 0 Å². The summed E-state index contributed by atoms with van der Waals surface area (Å²) >= 11 is 6.32. The molecule has 0 aliphatic carbocycles. The van der Waals surface area contributed by atoms with Gasteiger partial charge in [0, 0.05) is 31.6 Å². The van der Waals surface area contributed by atoms with Gasteiger partial charge in [0.05, 0.1) is 10.7 Å². The number of carbonyl (C=O) groups is 1. The fourth-order valence-corrected chi connectivity index (χ4v) is 3.32. The minimum absolute atomic E-state index is 0. The van der Waals surface area contributed by atoms with Crippen LogP contribution in [0, 0.1) is 0 Å². The highest BCUT2D eigenvalue weighted by Gasteiger charge is 2.31. The second-order valence-corrected chi connectivity index (χ2v) is 6.85. The second kappa shape index (κ2) is 8.84. The molecule has 1 aromatic carbocycles. The van der Waals surface area contributed by atoms with Crippen LogP contribution in [-0.4, -0.2) is 50.7 Å². The number of hydrogen-bond acceptors (Lipinski definition) is 4. The van der Waals surface area contributed by atoms with Crippen molar-refractivity contribution in [2.75, 3.05) is 13.1 Å². The molecule has 3 rings (SSSR count). The van der Waals surface area contributed by atoms with Gasteiger partial charge in [-0.15, -0.1) is 17.5 Å². The molecule has 0 bridgehead atoms. The first kappa shape index (κ1) is 20.7. The first-order valence-corrected chi connectivity index (χ1v) is 9.16. The Kier molecular flexibility index (Phi) is 7.03. The number of para-hydroxylation sites is 1. The van der Waals surface area contributed by atoms with Gasteiger partial charge < -0.3 is 10.2 Å². The van der Waals surface area contributed by atoms with Crippen LogP contribution in [0.2, 0.25) is 5.02 Å². The van der Waals surface area contributed by atoms with Gasteiger partial charge >= 0.3 is 0 Å². The summed E-state index contributed by atoms with van der Waals surface area (Å²) in [6.45, 7) is 7.65. The lowest BCUT2D eigenvalue weighted by Crippen LogP contribution is -2.57. The number of halogens is 2. The number of aromatic nitrogens is 3. The van der Waals surface area contributed by atoms with Gasteiger partial charge in [0.2, 0.25) is 5.82 Å². The largest absolute Gasteiger partial charge is 0.330 e. The van der Waals surface area contributed by atoms with E-state index in [4.69, 9.17) is 11.6 Å². The lowest BCUT2D eigenvalue weighted by molar-refractivity contribution is 0.0590. The lowest BCUT2D eigenvalue weighted by Gasteiger charge is -2.37. The normalized spacial score (nSPS) is 19.9. The molecule has 0 spiro atoms. The van der Waals surface area contributed by atoms with Gasteiger partial charge in [-0.25, -0.2) is 9.67 Å². The average Bonchev–Trinajstić information content (AvgIpc) is 3.01. The summed E-state index contributed by atoms with van der Waals surface area (Å²) in [5.41, 5.74) is 0.751. The molecule has 1 aliphatic heterocycles. The summed E-state index contributed by atoms with van der Waals surface area (Å²) in [4.78, 5) is 19.4. The molecular weight excluding hydrogens is 373 g/mol. The number of aryl methyl sites for hydroxylation is 1. The molecule has 0 radical (unpaired) electrons. The molecule has 1 aromatic heterocycles. The number of amides is 1. The number of carbonyl (C=O) groups excluding carboxylic acids is 1. The van der Waals surface area contributed by atoms with Crippen LogP contribution in [0.15, 0.2) is 24.3 Å². The van der Waals surface area contributed by atoms with E-state index >= 15 is 0 Å². The van der Waals surface area contributed by atoms with Crippen molar-refractivity contribution in [1.29, 1.82) is 0 Å². The summed E-state index contributed by atoms with van der Waals surface area (Å²) in [5, 5.41) is 8.48. The highest BCUT2D eigenvalue weighted by molar-refractivity contribution is 6.32. The third-order valence-electron chi connectivity index (χ3n) is 4.71. The van der Waals surface area contributed by atoms with Gasteiger partial charge in [-0.2, -0.15) is 0 Å². The van der Waals surface area contributed by atoms with Gasteiger partial charge in [-0.3, -0.25) is 4.79 Å². The molecule has 142 valence electrons. The molecule has 1 fully saturated rings. The molecule has 1 aliphatic rings. The Labute approximate surface area is 165 Å². The van der Waals surface area contributed by atoms with Crippen LogP contribution >= 0.6 is 24.0 Å². The van der Waals surface area contributed by atoms with Crippen LogP contribution in [0.4, 0.5) is 0 Å². The van der Waals surface area contributed by atoms with E-state index in [1.54, 1.807) is 4.68 Å². The Hall–Kier alpha value is -1.63. The molecule has 1 saturated heterocycles. The van der Waals surface area contributed by atoms with E-state index in [2.05, 4.69) is 29.2 Å². The maximum absolute atomic E-state index is 13.0. The van der Waals surface area contributed by atoms with Crippen molar-refractivity contribution in [3.8, 4) is 5.69 Å². The number of benzene rings is 1. The minimum atomic E-state index is -0.121. The zero-order chi connectivity index (χ0) is 18.0. The number of nitrogens with one attached hydrogen (secondary N) is 1. The minimum Gasteiger partial charge on any atom is -0.330 e. The maximum Gasteiger partial charge on any atom is 0.293 e. The van der Waals surface area contributed by atoms with E-state index in [1.165, 1.54) is 0 Å². The van der Waals surface area contributed by atoms with Crippen LogP contribution < -0.4 is 5.32 Å². The Morgan fingerprint density at radius 2 is 2.08 bits per heavy atom. The van der Waals surface area contributed by atoms with E-state index in [-0.39, 0.29) is 36.2 Å². The third kappa shape index (κ3) is 4.03. The highest BCUT2D eigenvalue weighted by atomic mass is 35.5. The smallest absolute Gasteiger partial charge is 0.293 e. The van der Waals surface area contributed by atoms with Gasteiger partial charge in [0.1, 0.15) is 5.82 Å². The molecule has 2 unspecified atom stereocenters. The highest BCUT2D eigenvalue weighted by Crippen LogP contribution is 2.22. The fraction of sp³-hybridized carbons (Fsp3) is 0.500. The lowest BCUT2D eigenvalue weighted by atomic mass is 10.1. The predicted octanol–water partition coefficient (Wildman–Crippen LogP) is 3.12. The molecule has 2 heterocycles. The van der Waals surface area contributed by atoms with Crippen LogP contribution in [-0.2, 0) is 6.42 Å². The third-order valence-corrected chi connectivity index (χ3v) is 5.03. The van der Waals surface area contributed by atoms with Gasteiger partial charge in [0.15, 0.2) is 0 Å². The molecule has 1 amide bonds. The molecule has 8 heteroatoms. The molecule has 6 nitrogen and oxygen atoms in total. The molecule has 26 heavy (non-hydrogen) atoms. The van der Waals surface area contributed by atoms with E-state index in [0.717, 1.165) is 30.9 Å². The second-order valence-electron chi connectivity index (χ2n) is 6.45. The zero-order valence-electron chi connectivity index (χ0n) is 15.3. The zero-order valence-corrected chi connectivity index (χ0v) is 16.8. The van der Waals surface area contributed by atoms with Crippen molar-refractivity contribution in [2.24, 2.45) is 0 Å². The summed E-state index contributed by atoms with van der Waals surface area (Å²) in [7, 11) is 0. The van der Waals surface area contributed by atoms with Crippen molar-refractivity contribution in [3.63, 3.8) is 0 Å². The number of nitrogens with zero attached hydrogens (tertiary/aromatic N) is 4. The van der Waals surface area contributed by atoms with Crippen molar-refractivity contribution >= 4 is 29.9 Å². The molecule has 0 saturated carbocycles. The Morgan fingerprint density at radius 1 is 1.35 bits per heavy atom. The molecular formula is C18H25Cl2N5O. The van der Waals surface area contributed by atoms with Crippen molar-refractivity contribution < 1.29 is 4.79 Å². The van der Waals surface area contributed by atoms with Crippen LogP contribution in [0.25, 0.3) is 5.69 Å². The van der Waals surface area contributed by atoms with E-state index in [1.807, 2.05) is 36.1 Å². The summed E-state index contributed by atoms with van der Waals surface area (Å²) in [5.74, 6) is 0.878. The van der Waals surface area contributed by atoms with Crippen molar-refractivity contribution in [2.45, 2.75) is 45.7 Å². The Bertz CT molecular complexity index is 764. The Balaban J connectivity index is 0.00000243. The first-order chi connectivity index (χ1) is 12.0. The number of hydrogen-bond donors (Lipinski definition) is 1. The summed E-state index contributed by atoms with van der Waals surface area (Å²) in [6, 6.07) is 7.83. The Morgan fingerprint density at radius 3 is 2.77 bits per heavy atom. The maximum atomic E-state index is 13.0. The summed E-state index contributed by atoms with van der Waals surface area (Å²) in [6.07, 6.45) is 1.65. The molecule has 1 N–H and O–H groups in total.